The summed E-state index contributed by atoms with van der Waals surface area (Å²) < 4.78 is 0. The second-order valence-corrected chi connectivity index (χ2v) is 5.54. The van der Waals surface area contributed by atoms with E-state index in [0.29, 0.717) is 18.7 Å². The molecule has 0 aromatic heterocycles. The summed E-state index contributed by atoms with van der Waals surface area (Å²) in [4.78, 5) is 25.5. The zero-order valence-corrected chi connectivity index (χ0v) is 11.4. The fourth-order valence-electron chi connectivity index (χ4n) is 3.00. The quantitative estimate of drug-likeness (QED) is 0.844. The molecule has 3 rings (SSSR count). The third-order valence-corrected chi connectivity index (χ3v) is 4.18. The topological polar surface area (TPSA) is 75.4 Å². The predicted molar refractivity (Wildman–Crippen MR) is 76.5 cm³/mol. The van der Waals surface area contributed by atoms with Crippen molar-refractivity contribution in [2.45, 2.75) is 19.3 Å². The number of anilines is 1. The van der Waals surface area contributed by atoms with Crippen LogP contribution in [0.15, 0.2) is 18.2 Å². The molecule has 1 aromatic rings. The third-order valence-electron chi connectivity index (χ3n) is 4.18. The molecule has 2 aliphatic heterocycles. The Balaban J connectivity index is 1.76. The van der Waals surface area contributed by atoms with Crippen molar-refractivity contribution in [1.82, 2.24) is 4.90 Å². The number of carbonyl (C=O) groups excluding carboxylic acids is 2. The molecule has 5 nitrogen and oxygen atoms in total. The molecule has 0 bridgehead atoms. The van der Waals surface area contributed by atoms with E-state index in [-0.39, 0.29) is 17.7 Å². The number of rotatable bonds is 2. The van der Waals surface area contributed by atoms with Crippen LogP contribution < -0.4 is 11.1 Å². The van der Waals surface area contributed by atoms with Crippen molar-refractivity contribution in [1.29, 1.82) is 0 Å². The average molecular weight is 273 g/mol. The Labute approximate surface area is 118 Å². The molecule has 0 aliphatic carbocycles. The monoisotopic (exact) mass is 273 g/mol. The van der Waals surface area contributed by atoms with Crippen molar-refractivity contribution < 1.29 is 9.59 Å². The van der Waals surface area contributed by atoms with Gasteiger partial charge in [0.1, 0.15) is 0 Å². The molecule has 2 amide bonds. The molecule has 3 N–H and O–H groups in total. The molecule has 5 heteroatoms. The van der Waals surface area contributed by atoms with Crippen molar-refractivity contribution in [3.05, 3.63) is 29.3 Å². The largest absolute Gasteiger partial charge is 0.384 e. The summed E-state index contributed by atoms with van der Waals surface area (Å²) in [6.07, 6.45) is 2.63. The molecule has 1 atom stereocenters. The van der Waals surface area contributed by atoms with Gasteiger partial charge in [-0.05, 0) is 37.0 Å². The summed E-state index contributed by atoms with van der Waals surface area (Å²) in [5.41, 5.74) is 8.35. The lowest BCUT2D eigenvalue weighted by atomic mass is 9.96. The second kappa shape index (κ2) is 5.15. The lowest BCUT2D eigenvalue weighted by Gasteiger charge is -2.31. The van der Waals surface area contributed by atoms with E-state index in [1.807, 2.05) is 18.2 Å². The van der Waals surface area contributed by atoms with Gasteiger partial charge in [0.25, 0.3) is 5.91 Å². The number of primary amides is 1. The van der Waals surface area contributed by atoms with E-state index in [4.69, 9.17) is 5.73 Å². The fraction of sp³-hybridized carbons (Fsp3) is 0.467. The van der Waals surface area contributed by atoms with E-state index in [9.17, 15) is 9.59 Å². The van der Waals surface area contributed by atoms with Gasteiger partial charge < -0.3 is 16.0 Å². The Hall–Kier alpha value is -2.04. The normalized spacial score (nSPS) is 21.2. The van der Waals surface area contributed by atoms with Gasteiger partial charge in [-0.15, -0.1) is 0 Å². The van der Waals surface area contributed by atoms with E-state index >= 15 is 0 Å². The van der Waals surface area contributed by atoms with Crippen molar-refractivity contribution in [2.24, 2.45) is 11.7 Å². The number of likely N-dealkylation sites (tertiary alicyclic amines) is 1. The molecule has 2 heterocycles. The van der Waals surface area contributed by atoms with Crippen molar-refractivity contribution in [3.8, 4) is 0 Å². The van der Waals surface area contributed by atoms with Crippen LogP contribution in [-0.2, 0) is 11.2 Å². The number of nitrogens with two attached hydrogens (primary N) is 1. The lowest BCUT2D eigenvalue weighted by molar-refractivity contribution is -0.123. The van der Waals surface area contributed by atoms with E-state index in [2.05, 4.69) is 5.32 Å². The Bertz CT molecular complexity index is 556. The fourth-order valence-corrected chi connectivity index (χ4v) is 3.00. The van der Waals surface area contributed by atoms with Gasteiger partial charge in [0.15, 0.2) is 0 Å². The highest BCUT2D eigenvalue weighted by Crippen LogP contribution is 2.25. The van der Waals surface area contributed by atoms with Gasteiger partial charge >= 0.3 is 0 Å². The number of benzene rings is 1. The maximum absolute atomic E-state index is 12.5. The predicted octanol–water partition coefficient (Wildman–Crippen LogP) is 0.992. The van der Waals surface area contributed by atoms with Crippen LogP contribution in [0.5, 0.6) is 0 Å². The molecule has 1 fully saturated rings. The average Bonchev–Trinajstić information content (AvgIpc) is 2.94. The van der Waals surface area contributed by atoms with Gasteiger partial charge in [0, 0.05) is 30.9 Å². The molecule has 1 aromatic carbocycles. The number of carbonyl (C=O) groups is 2. The summed E-state index contributed by atoms with van der Waals surface area (Å²) >= 11 is 0. The Morgan fingerprint density at radius 3 is 3.00 bits per heavy atom. The van der Waals surface area contributed by atoms with Crippen LogP contribution in [0, 0.1) is 5.92 Å². The smallest absolute Gasteiger partial charge is 0.253 e. The minimum absolute atomic E-state index is 0.00699. The van der Waals surface area contributed by atoms with Crippen LogP contribution in [0.1, 0.15) is 28.8 Å². The van der Waals surface area contributed by atoms with Crippen LogP contribution >= 0.6 is 0 Å². The highest BCUT2D eigenvalue weighted by Gasteiger charge is 2.28. The molecule has 106 valence electrons. The van der Waals surface area contributed by atoms with Crippen LogP contribution in [0.3, 0.4) is 0 Å². The highest BCUT2D eigenvalue weighted by atomic mass is 16.2. The van der Waals surface area contributed by atoms with Crippen molar-refractivity contribution in [2.75, 3.05) is 25.0 Å². The second-order valence-electron chi connectivity index (χ2n) is 5.54. The van der Waals surface area contributed by atoms with Gasteiger partial charge in [-0.2, -0.15) is 0 Å². The first kappa shape index (κ1) is 13.0. The SMILES string of the molecule is NC(=O)C1CCCN(C(=O)c2ccc3c(c2)NCC3)C1. The minimum atomic E-state index is -0.307. The minimum Gasteiger partial charge on any atom is -0.384 e. The number of nitrogens with one attached hydrogen (secondary N) is 1. The zero-order valence-electron chi connectivity index (χ0n) is 11.4. The van der Waals surface area contributed by atoms with Crippen LogP contribution in [0.4, 0.5) is 5.69 Å². The maximum atomic E-state index is 12.5. The third kappa shape index (κ3) is 2.35. The van der Waals surface area contributed by atoms with E-state index in [1.54, 1.807) is 4.90 Å². The number of hydrogen-bond donors (Lipinski definition) is 2. The summed E-state index contributed by atoms with van der Waals surface area (Å²) in [7, 11) is 0. The van der Waals surface area contributed by atoms with Gasteiger partial charge in [0.2, 0.25) is 5.91 Å². The van der Waals surface area contributed by atoms with E-state index in [1.165, 1.54) is 5.56 Å². The van der Waals surface area contributed by atoms with Crippen molar-refractivity contribution >= 4 is 17.5 Å². The Morgan fingerprint density at radius 1 is 1.35 bits per heavy atom. The van der Waals surface area contributed by atoms with Gasteiger partial charge in [0.05, 0.1) is 5.92 Å². The van der Waals surface area contributed by atoms with E-state index < -0.39 is 0 Å². The maximum Gasteiger partial charge on any atom is 0.253 e. The molecule has 0 spiro atoms. The van der Waals surface area contributed by atoms with Gasteiger partial charge in [-0.3, -0.25) is 9.59 Å². The lowest BCUT2D eigenvalue weighted by Crippen LogP contribution is -2.44. The molecular weight excluding hydrogens is 254 g/mol. The number of fused-ring (bicyclic) bond motifs is 1. The first-order chi connectivity index (χ1) is 9.65. The molecule has 20 heavy (non-hydrogen) atoms. The molecular formula is C15H19N3O2. The van der Waals surface area contributed by atoms with Crippen LogP contribution in [-0.4, -0.2) is 36.3 Å². The summed E-state index contributed by atoms with van der Waals surface area (Å²) in [5, 5.41) is 3.28. The first-order valence-corrected chi connectivity index (χ1v) is 7.10. The summed E-state index contributed by atoms with van der Waals surface area (Å²) in [5.74, 6) is -0.522. The van der Waals surface area contributed by atoms with E-state index in [0.717, 1.165) is 31.5 Å². The standard InChI is InChI=1S/C15H19N3O2/c16-14(19)12-2-1-7-18(9-12)15(20)11-4-3-10-5-6-17-13(10)8-11/h3-4,8,12,17H,1-2,5-7,9H2,(H2,16,19). The Morgan fingerprint density at radius 2 is 2.20 bits per heavy atom. The van der Waals surface area contributed by atoms with Gasteiger partial charge in [-0.25, -0.2) is 0 Å². The molecule has 0 saturated carbocycles. The number of hydrogen-bond acceptors (Lipinski definition) is 3. The Kier molecular flexibility index (Phi) is 3.34. The number of piperidine rings is 1. The molecule has 0 radical (unpaired) electrons. The number of amides is 2. The molecule has 2 aliphatic rings. The highest BCUT2D eigenvalue weighted by molar-refractivity contribution is 5.96. The first-order valence-electron chi connectivity index (χ1n) is 7.10. The molecule has 1 unspecified atom stereocenters. The number of nitrogens with zero attached hydrogens (tertiary/aromatic N) is 1. The molecule has 1 saturated heterocycles. The summed E-state index contributed by atoms with van der Waals surface area (Å²) in [6.45, 7) is 2.08. The zero-order chi connectivity index (χ0) is 14.1. The van der Waals surface area contributed by atoms with Crippen molar-refractivity contribution in [3.63, 3.8) is 0 Å². The van der Waals surface area contributed by atoms with Crippen LogP contribution in [0.2, 0.25) is 0 Å². The van der Waals surface area contributed by atoms with Crippen LogP contribution in [0.25, 0.3) is 0 Å². The van der Waals surface area contributed by atoms with Gasteiger partial charge in [-0.1, -0.05) is 6.07 Å². The summed E-state index contributed by atoms with van der Waals surface area (Å²) in [6, 6.07) is 5.80.